The molecule has 0 saturated carbocycles. The summed E-state index contributed by atoms with van der Waals surface area (Å²) in [4.78, 5) is 12.4. The first kappa shape index (κ1) is 19.5. The average Bonchev–Trinajstić information content (AvgIpc) is 2.57. The van der Waals surface area contributed by atoms with E-state index in [9.17, 15) is 4.79 Å². The van der Waals surface area contributed by atoms with E-state index in [1.54, 1.807) is 36.4 Å². The minimum atomic E-state index is -0.867. The Morgan fingerprint density at radius 3 is 2.44 bits per heavy atom. The van der Waals surface area contributed by atoms with E-state index in [-0.39, 0.29) is 18.3 Å². The van der Waals surface area contributed by atoms with Crippen molar-refractivity contribution in [1.82, 2.24) is 0 Å². The van der Waals surface area contributed by atoms with Crippen LogP contribution in [0.2, 0.25) is 5.02 Å². The molecular weight excluding hydrogens is 363 g/mol. The fourth-order valence-electron chi connectivity index (χ4n) is 2.49. The molecule has 0 bridgehead atoms. The summed E-state index contributed by atoms with van der Waals surface area (Å²) in [5.74, 6) is 1.13. The van der Waals surface area contributed by atoms with Crippen molar-refractivity contribution in [1.29, 1.82) is 0 Å². The highest BCUT2D eigenvalue weighted by molar-refractivity contribution is 6.30. The van der Waals surface area contributed by atoms with Gasteiger partial charge in [-0.3, -0.25) is 4.79 Å². The minimum absolute atomic E-state index is 0. The number of anilines is 1. The largest absolute Gasteiger partial charge is 0.457 e. The number of halogens is 2. The summed E-state index contributed by atoms with van der Waals surface area (Å²) in [6, 6.07) is 14.3. The van der Waals surface area contributed by atoms with Crippen LogP contribution in [0.3, 0.4) is 0 Å². The lowest BCUT2D eigenvalue weighted by molar-refractivity contribution is -0.124. The molecule has 1 heterocycles. The lowest BCUT2D eigenvalue weighted by Crippen LogP contribution is -2.54. The van der Waals surface area contributed by atoms with Gasteiger partial charge in [-0.15, -0.1) is 12.4 Å². The molecule has 0 aliphatic carbocycles. The van der Waals surface area contributed by atoms with Crippen molar-refractivity contribution in [2.24, 2.45) is 5.73 Å². The van der Waals surface area contributed by atoms with Gasteiger partial charge in [0.2, 0.25) is 5.91 Å². The maximum absolute atomic E-state index is 12.4. The first-order chi connectivity index (χ1) is 11.5. The third-order valence-electron chi connectivity index (χ3n) is 3.98. The second kappa shape index (κ2) is 8.54. The van der Waals surface area contributed by atoms with Crippen LogP contribution in [0, 0.1) is 0 Å². The molecule has 0 aromatic heterocycles. The van der Waals surface area contributed by atoms with Crippen molar-refractivity contribution in [3.63, 3.8) is 0 Å². The van der Waals surface area contributed by atoms with Crippen LogP contribution in [-0.2, 0) is 9.53 Å². The quantitative estimate of drug-likeness (QED) is 0.837. The van der Waals surface area contributed by atoms with Crippen molar-refractivity contribution in [3.05, 3.63) is 53.6 Å². The molecule has 1 fully saturated rings. The molecule has 25 heavy (non-hydrogen) atoms. The van der Waals surface area contributed by atoms with E-state index in [0.29, 0.717) is 48.3 Å². The molecule has 3 rings (SSSR count). The van der Waals surface area contributed by atoms with Gasteiger partial charge >= 0.3 is 0 Å². The Morgan fingerprint density at radius 1 is 1.12 bits per heavy atom. The van der Waals surface area contributed by atoms with E-state index in [1.165, 1.54) is 0 Å². The molecule has 134 valence electrons. The molecule has 0 spiro atoms. The SMILES string of the molecule is Cl.NC1(C(=O)Nc2ccc(Oc3cccc(Cl)c3)cc2)CCOCC1. The fraction of sp³-hybridized carbons (Fsp3) is 0.278. The lowest BCUT2D eigenvalue weighted by Gasteiger charge is -2.31. The lowest BCUT2D eigenvalue weighted by atomic mass is 9.90. The number of nitrogens with two attached hydrogens (primary N) is 1. The summed E-state index contributed by atoms with van der Waals surface area (Å²) < 4.78 is 11.0. The Balaban J connectivity index is 0.00000225. The normalized spacial score (nSPS) is 15.8. The average molecular weight is 383 g/mol. The van der Waals surface area contributed by atoms with Crippen molar-refractivity contribution in [3.8, 4) is 11.5 Å². The molecule has 2 aromatic rings. The van der Waals surface area contributed by atoms with E-state index >= 15 is 0 Å². The summed E-state index contributed by atoms with van der Waals surface area (Å²) in [5.41, 5.74) is 5.98. The van der Waals surface area contributed by atoms with Gasteiger partial charge in [-0.25, -0.2) is 0 Å². The van der Waals surface area contributed by atoms with Gasteiger partial charge in [-0.05, 0) is 55.3 Å². The monoisotopic (exact) mass is 382 g/mol. The van der Waals surface area contributed by atoms with Gasteiger partial charge in [0.25, 0.3) is 0 Å². The molecule has 1 aliphatic rings. The molecule has 3 N–H and O–H groups in total. The van der Waals surface area contributed by atoms with Crippen LogP contribution in [0.15, 0.2) is 48.5 Å². The van der Waals surface area contributed by atoms with Crippen molar-refractivity contribution in [2.45, 2.75) is 18.4 Å². The van der Waals surface area contributed by atoms with E-state index in [0.717, 1.165) is 0 Å². The molecule has 2 aromatic carbocycles. The van der Waals surface area contributed by atoms with Crippen LogP contribution in [0.5, 0.6) is 11.5 Å². The molecule has 7 heteroatoms. The number of carbonyl (C=O) groups is 1. The van der Waals surface area contributed by atoms with E-state index in [1.807, 2.05) is 12.1 Å². The van der Waals surface area contributed by atoms with Crippen LogP contribution in [0.1, 0.15) is 12.8 Å². The Hall–Kier alpha value is -1.79. The summed E-state index contributed by atoms with van der Waals surface area (Å²) in [6.45, 7) is 1.02. The summed E-state index contributed by atoms with van der Waals surface area (Å²) >= 11 is 5.93. The van der Waals surface area contributed by atoms with Crippen molar-refractivity contribution in [2.75, 3.05) is 18.5 Å². The van der Waals surface area contributed by atoms with Gasteiger partial charge in [-0.2, -0.15) is 0 Å². The first-order valence-electron chi connectivity index (χ1n) is 7.77. The second-order valence-corrected chi connectivity index (χ2v) is 6.24. The number of nitrogens with one attached hydrogen (secondary N) is 1. The zero-order valence-corrected chi connectivity index (χ0v) is 15.1. The summed E-state index contributed by atoms with van der Waals surface area (Å²) in [6.07, 6.45) is 1.05. The van der Waals surface area contributed by atoms with Gasteiger partial charge in [0.15, 0.2) is 0 Å². The first-order valence-corrected chi connectivity index (χ1v) is 8.15. The molecule has 1 aliphatic heterocycles. The van der Waals surface area contributed by atoms with Gasteiger partial charge < -0.3 is 20.5 Å². The van der Waals surface area contributed by atoms with Crippen LogP contribution in [-0.4, -0.2) is 24.7 Å². The topological polar surface area (TPSA) is 73.6 Å². The van der Waals surface area contributed by atoms with Gasteiger partial charge in [-0.1, -0.05) is 17.7 Å². The Bertz CT molecular complexity index is 717. The van der Waals surface area contributed by atoms with Crippen LogP contribution < -0.4 is 15.8 Å². The number of hydrogen-bond donors (Lipinski definition) is 2. The predicted octanol–water partition coefficient (Wildman–Crippen LogP) is 4.00. The highest BCUT2D eigenvalue weighted by atomic mass is 35.5. The summed E-state index contributed by atoms with van der Waals surface area (Å²) in [7, 11) is 0. The molecule has 0 unspecified atom stereocenters. The zero-order valence-electron chi connectivity index (χ0n) is 13.5. The van der Waals surface area contributed by atoms with Crippen LogP contribution in [0.25, 0.3) is 0 Å². The number of amides is 1. The van der Waals surface area contributed by atoms with Crippen molar-refractivity contribution < 1.29 is 14.3 Å². The predicted molar refractivity (Wildman–Crippen MR) is 101 cm³/mol. The van der Waals surface area contributed by atoms with E-state index < -0.39 is 5.54 Å². The highest BCUT2D eigenvalue weighted by Crippen LogP contribution is 2.26. The second-order valence-electron chi connectivity index (χ2n) is 5.81. The molecule has 0 atom stereocenters. The highest BCUT2D eigenvalue weighted by Gasteiger charge is 2.35. The van der Waals surface area contributed by atoms with Crippen LogP contribution >= 0.6 is 24.0 Å². The Kier molecular flexibility index (Phi) is 6.67. The fourth-order valence-corrected chi connectivity index (χ4v) is 2.67. The molecule has 5 nitrogen and oxygen atoms in total. The number of rotatable bonds is 4. The molecule has 1 amide bonds. The smallest absolute Gasteiger partial charge is 0.244 e. The third-order valence-corrected chi connectivity index (χ3v) is 4.22. The number of ether oxygens (including phenoxy) is 2. The molecule has 0 radical (unpaired) electrons. The Morgan fingerprint density at radius 2 is 1.80 bits per heavy atom. The number of benzene rings is 2. The van der Waals surface area contributed by atoms with Crippen LogP contribution in [0.4, 0.5) is 5.69 Å². The molecule has 1 saturated heterocycles. The Labute approximate surface area is 157 Å². The van der Waals surface area contributed by atoms with Crippen molar-refractivity contribution >= 4 is 35.6 Å². The third kappa shape index (κ3) is 5.09. The minimum Gasteiger partial charge on any atom is -0.457 e. The zero-order chi connectivity index (χ0) is 17.0. The number of carbonyl (C=O) groups excluding carboxylic acids is 1. The van der Waals surface area contributed by atoms with E-state index in [4.69, 9.17) is 26.8 Å². The van der Waals surface area contributed by atoms with Gasteiger partial charge in [0.05, 0.1) is 0 Å². The maximum Gasteiger partial charge on any atom is 0.244 e. The molecular formula is C18H20Cl2N2O3. The maximum atomic E-state index is 12.4. The van der Waals surface area contributed by atoms with Gasteiger partial charge in [0, 0.05) is 23.9 Å². The summed E-state index contributed by atoms with van der Waals surface area (Å²) in [5, 5.41) is 3.47. The van der Waals surface area contributed by atoms with E-state index in [2.05, 4.69) is 5.32 Å². The van der Waals surface area contributed by atoms with Gasteiger partial charge in [0.1, 0.15) is 17.0 Å². The number of hydrogen-bond acceptors (Lipinski definition) is 4. The standard InChI is InChI=1S/C18H19ClN2O3.ClH/c19-13-2-1-3-16(12-13)24-15-6-4-14(5-7-15)21-17(22)18(20)8-10-23-11-9-18;/h1-7,12H,8-11,20H2,(H,21,22);1H.